The fourth-order valence-electron chi connectivity index (χ4n) is 2.60. The molecule has 0 radical (unpaired) electrons. The number of aromatic nitrogens is 2. The number of benzene rings is 2. The molecule has 3 aromatic rings. The minimum Gasteiger partial charge on any atom is -0.454 e. The number of hydrogen-bond acceptors (Lipinski definition) is 4. The Hall–Kier alpha value is -2.21. The van der Waals surface area contributed by atoms with Gasteiger partial charge in [-0.1, -0.05) is 23.2 Å². The molecule has 24 heavy (non-hydrogen) atoms. The molecule has 1 aliphatic heterocycles. The second-order valence-electron chi connectivity index (χ2n) is 5.25. The summed E-state index contributed by atoms with van der Waals surface area (Å²) in [4.78, 5) is 0. The zero-order chi connectivity index (χ0) is 16.7. The lowest BCUT2D eigenvalue weighted by Crippen LogP contribution is -2.01. The molecule has 0 saturated heterocycles. The Morgan fingerprint density at radius 2 is 1.88 bits per heavy atom. The van der Waals surface area contributed by atoms with Crippen LogP contribution in [0.15, 0.2) is 42.5 Å². The van der Waals surface area contributed by atoms with Crippen LogP contribution >= 0.6 is 23.2 Å². The highest BCUT2D eigenvalue weighted by atomic mass is 35.5. The van der Waals surface area contributed by atoms with E-state index in [9.17, 15) is 5.11 Å². The zero-order valence-corrected chi connectivity index (χ0v) is 13.9. The van der Waals surface area contributed by atoms with Gasteiger partial charge in [-0.3, -0.25) is 0 Å². The molecule has 0 unspecified atom stereocenters. The van der Waals surface area contributed by atoms with E-state index in [0.717, 1.165) is 11.3 Å². The van der Waals surface area contributed by atoms with Gasteiger partial charge in [0.05, 0.1) is 28.7 Å². The van der Waals surface area contributed by atoms with Crippen LogP contribution in [0.3, 0.4) is 0 Å². The Labute approximate surface area is 148 Å². The SMILES string of the molecule is OCc1cc(-c2ccc3c(c2)OCO3)n(-c2cc(Cl)ccc2Cl)n1. The van der Waals surface area contributed by atoms with Crippen molar-refractivity contribution >= 4 is 23.2 Å². The fraction of sp³-hybridized carbons (Fsp3) is 0.118. The van der Waals surface area contributed by atoms with Gasteiger partial charge >= 0.3 is 0 Å². The van der Waals surface area contributed by atoms with Crippen molar-refractivity contribution in [2.75, 3.05) is 6.79 Å². The molecular weight excluding hydrogens is 351 g/mol. The lowest BCUT2D eigenvalue weighted by molar-refractivity contribution is 0.174. The smallest absolute Gasteiger partial charge is 0.231 e. The molecule has 0 fully saturated rings. The van der Waals surface area contributed by atoms with Crippen LogP contribution in [0, 0.1) is 0 Å². The lowest BCUT2D eigenvalue weighted by Gasteiger charge is -2.10. The Morgan fingerprint density at radius 1 is 1.04 bits per heavy atom. The predicted octanol–water partition coefficient (Wildman–Crippen LogP) is 4.07. The third-order valence-electron chi connectivity index (χ3n) is 3.73. The van der Waals surface area contributed by atoms with E-state index in [1.807, 2.05) is 18.2 Å². The summed E-state index contributed by atoms with van der Waals surface area (Å²) < 4.78 is 12.4. The van der Waals surface area contributed by atoms with E-state index in [1.54, 1.807) is 28.9 Å². The van der Waals surface area contributed by atoms with E-state index < -0.39 is 0 Å². The molecule has 4 rings (SSSR count). The maximum absolute atomic E-state index is 9.47. The van der Waals surface area contributed by atoms with Gasteiger partial charge in [0.15, 0.2) is 11.5 Å². The van der Waals surface area contributed by atoms with Crippen LogP contribution in [0.2, 0.25) is 10.0 Å². The van der Waals surface area contributed by atoms with Gasteiger partial charge in [0, 0.05) is 10.6 Å². The van der Waals surface area contributed by atoms with Crippen molar-refractivity contribution in [2.45, 2.75) is 6.61 Å². The molecule has 5 nitrogen and oxygen atoms in total. The number of halogens is 2. The van der Waals surface area contributed by atoms with Crippen molar-refractivity contribution in [2.24, 2.45) is 0 Å². The van der Waals surface area contributed by atoms with Crippen molar-refractivity contribution in [1.29, 1.82) is 0 Å². The number of aliphatic hydroxyl groups excluding tert-OH is 1. The Balaban J connectivity index is 1.89. The van der Waals surface area contributed by atoms with E-state index in [4.69, 9.17) is 32.7 Å². The first-order chi connectivity index (χ1) is 11.7. The molecule has 2 aromatic carbocycles. The van der Waals surface area contributed by atoms with Crippen LogP contribution in [-0.2, 0) is 6.61 Å². The van der Waals surface area contributed by atoms with Gasteiger partial charge in [0.2, 0.25) is 6.79 Å². The number of nitrogens with zero attached hydrogens (tertiary/aromatic N) is 2. The van der Waals surface area contributed by atoms with Gasteiger partial charge < -0.3 is 14.6 Å². The first-order valence-electron chi connectivity index (χ1n) is 7.21. The molecule has 2 heterocycles. The van der Waals surface area contributed by atoms with E-state index in [0.29, 0.717) is 32.9 Å². The molecule has 1 aliphatic rings. The number of fused-ring (bicyclic) bond motifs is 1. The van der Waals surface area contributed by atoms with Gasteiger partial charge in [0.25, 0.3) is 0 Å². The highest BCUT2D eigenvalue weighted by Gasteiger charge is 2.18. The molecule has 1 N–H and O–H groups in total. The molecule has 1 aromatic heterocycles. The maximum atomic E-state index is 9.47. The molecular formula is C17H12Cl2N2O3. The molecule has 7 heteroatoms. The van der Waals surface area contributed by atoms with Crippen molar-refractivity contribution in [1.82, 2.24) is 9.78 Å². The summed E-state index contributed by atoms with van der Waals surface area (Å²) in [5.41, 5.74) is 2.79. The number of ether oxygens (including phenoxy) is 2. The summed E-state index contributed by atoms with van der Waals surface area (Å²) in [6, 6.07) is 12.6. The van der Waals surface area contributed by atoms with Crippen LogP contribution in [0.1, 0.15) is 5.69 Å². The van der Waals surface area contributed by atoms with Gasteiger partial charge in [-0.05, 0) is 42.5 Å². The van der Waals surface area contributed by atoms with Crippen molar-refractivity contribution in [3.05, 3.63) is 58.2 Å². The Bertz CT molecular complexity index is 924. The molecule has 0 bridgehead atoms. The quantitative estimate of drug-likeness (QED) is 0.762. The highest BCUT2D eigenvalue weighted by Crippen LogP contribution is 2.37. The molecule has 0 saturated carbocycles. The van der Waals surface area contributed by atoms with E-state index in [2.05, 4.69) is 5.10 Å². The second-order valence-corrected chi connectivity index (χ2v) is 6.10. The number of rotatable bonds is 3. The first kappa shape index (κ1) is 15.3. The molecule has 122 valence electrons. The van der Waals surface area contributed by atoms with Crippen LogP contribution < -0.4 is 9.47 Å². The lowest BCUT2D eigenvalue weighted by atomic mass is 10.1. The minimum atomic E-state index is -0.178. The van der Waals surface area contributed by atoms with E-state index in [1.165, 1.54) is 0 Å². The fourth-order valence-corrected chi connectivity index (χ4v) is 2.96. The van der Waals surface area contributed by atoms with Crippen molar-refractivity contribution < 1.29 is 14.6 Å². The average molecular weight is 363 g/mol. The topological polar surface area (TPSA) is 56.5 Å². The monoisotopic (exact) mass is 362 g/mol. The summed E-state index contributed by atoms with van der Waals surface area (Å²) >= 11 is 12.4. The average Bonchev–Trinajstić information content (AvgIpc) is 3.22. The molecule has 0 amide bonds. The highest BCUT2D eigenvalue weighted by molar-refractivity contribution is 6.34. The molecule has 0 atom stereocenters. The molecule has 0 aliphatic carbocycles. The third-order valence-corrected chi connectivity index (χ3v) is 4.28. The van der Waals surface area contributed by atoms with Crippen molar-refractivity contribution in [3.63, 3.8) is 0 Å². The minimum absolute atomic E-state index is 0.178. The standard InChI is InChI=1S/C17H12Cl2N2O3/c18-11-2-3-13(19)15(6-11)21-14(7-12(8-22)20-21)10-1-4-16-17(5-10)24-9-23-16/h1-7,22H,8-9H2. The largest absolute Gasteiger partial charge is 0.454 e. The van der Waals surface area contributed by atoms with Gasteiger partial charge in [-0.2, -0.15) is 5.10 Å². The second kappa shape index (κ2) is 6.02. The summed E-state index contributed by atoms with van der Waals surface area (Å²) in [5.74, 6) is 1.37. The summed E-state index contributed by atoms with van der Waals surface area (Å²) in [6.07, 6.45) is 0. The third kappa shape index (κ3) is 2.60. The zero-order valence-electron chi connectivity index (χ0n) is 12.4. The van der Waals surface area contributed by atoms with Crippen LogP contribution in [-0.4, -0.2) is 21.7 Å². The summed E-state index contributed by atoms with van der Waals surface area (Å²) in [5, 5.41) is 14.9. The summed E-state index contributed by atoms with van der Waals surface area (Å²) in [6.45, 7) is 0.0306. The number of aliphatic hydroxyl groups is 1. The van der Waals surface area contributed by atoms with Gasteiger partial charge in [-0.15, -0.1) is 0 Å². The Kier molecular flexibility index (Phi) is 3.84. The van der Waals surface area contributed by atoms with Gasteiger partial charge in [0.1, 0.15) is 0 Å². The van der Waals surface area contributed by atoms with E-state index in [-0.39, 0.29) is 13.4 Å². The van der Waals surface area contributed by atoms with Crippen LogP contribution in [0.4, 0.5) is 0 Å². The predicted molar refractivity (Wildman–Crippen MR) is 91.1 cm³/mol. The van der Waals surface area contributed by atoms with Crippen LogP contribution in [0.25, 0.3) is 16.9 Å². The maximum Gasteiger partial charge on any atom is 0.231 e. The molecule has 0 spiro atoms. The van der Waals surface area contributed by atoms with Crippen LogP contribution in [0.5, 0.6) is 11.5 Å². The van der Waals surface area contributed by atoms with Gasteiger partial charge in [-0.25, -0.2) is 4.68 Å². The van der Waals surface area contributed by atoms with Crippen molar-refractivity contribution in [3.8, 4) is 28.4 Å². The summed E-state index contributed by atoms with van der Waals surface area (Å²) in [7, 11) is 0. The van der Waals surface area contributed by atoms with E-state index >= 15 is 0 Å². The normalized spacial score (nSPS) is 12.6. The Morgan fingerprint density at radius 3 is 2.71 bits per heavy atom. The first-order valence-corrected chi connectivity index (χ1v) is 7.96. The number of hydrogen-bond donors (Lipinski definition) is 1.